The Morgan fingerprint density at radius 1 is 1.24 bits per heavy atom. The Hall–Kier alpha value is -2.18. The van der Waals surface area contributed by atoms with Crippen molar-refractivity contribution in [2.45, 2.75) is 19.4 Å². The van der Waals surface area contributed by atoms with Crippen LogP contribution in [0.25, 0.3) is 0 Å². The van der Waals surface area contributed by atoms with Gasteiger partial charge in [0.25, 0.3) is 0 Å². The topological polar surface area (TPSA) is 75.4 Å². The van der Waals surface area contributed by atoms with Crippen LogP contribution in [0.3, 0.4) is 0 Å². The summed E-state index contributed by atoms with van der Waals surface area (Å²) in [4.78, 5) is 25.0. The highest BCUT2D eigenvalue weighted by Gasteiger charge is 2.26. The van der Waals surface area contributed by atoms with E-state index in [-0.39, 0.29) is 5.91 Å². The normalized spacial score (nSPS) is 16.0. The molecule has 1 saturated heterocycles. The van der Waals surface area contributed by atoms with Gasteiger partial charge >= 0.3 is 0 Å². The summed E-state index contributed by atoms with van der Waals surface area (Å²) in [6.45, 7) is 4.79. The van der Waals surface area contributed by atoms with Crippen molar-refractivity contribution in [1.29, 1.82) is 0 Å². The third kappa shape index (κ3) is 4.27. The molecule has 3 rings (SSSR count). The van der Waals surface area contributed by atoms with Crippen molar-refractivity contribution < 1.29 is 4.79 Å². The van der Waals surface area contributed by atoms with E-state index in [4.69, 9.17) is 17.3 Å². The molecule has 1 aromatic carbocycles. The van der Waals surface area contributed by atoms with Gasteiger partial charge in [-0.15, -0.1) is 0 Å². The first-order valence-corrected chi connectivity index (χ1v) is 8.73. The summed E-state index contributed by atoms with van der Waals surface area (Å²) >= 11 is 5.89. The SMILES string of the molecule is Cc1cncnc1N1CCN(C(=O)[C@H](N)Cc2ccc(Cl)cc2)CC1. The maximum atomic E-state index is 12.6. The van der Waals surface area contributed by atoms with Crippen LogP contribution in [0.15, 0.2) is 36.8 Å². The van der Waals surface area contributed by atoms with Crippen molar-refractivity contribution in [2.24, 2.45) is 5.73 Å². The zero-order chi connectivity index (χ0) is 17.8. The Labute approximate surface area is 152 Å². The fourth-order valence-electron chi connectivity index (χ4n) is 3.06. The number of carbonyl (C=O) groups is 1. The molecule has 2 aromatic rings. The van der Waals surface area contributed by atoms with Crippen molar-refractivity contribution in [3.8, 4) is 0 Å². The highest BCUT2D eigenvalue weighted by molar-refractivity contribution is 6.30. The fourth-order valence-corrected chi connectivity index (χ4v) is 3.18. The highest BCUT2D eigenvalue weighted by Crippen LogP contribution is 2.17. The van der Waals surface area contributed by atoms with Gasteiger partial charge in [0.05, 0.1) is 6.04 Å². The van der Waals surface area contributed by atoms with E-state index in [2.05, 4.69) is 14.9 Å². The third-order valence-corrected chi connectivity index (χ3v) is 4.70. The highest BCUT2D eigenvalue weighted by atomic mass is 35.5. The van der Waals surface area contributed by atoms with Crippen LogP contribution in [0.5, 0.6) is 0 Å². The van der Waals surface area contributed by atoms with Gasteiger partial charge in [0.1, 0.15) is 12.1 Å². The monoisotopic (exact) mass is 359 g/mol. The summed E-state index contributed by atoms with van der Waals surface area (Å²) in [7, 11) is 0. The lowest BCUT2D eigenvalue weighted by Crippen LogP contribution is -2.54. The molecule has 0 saturated carbocycles. The van der Waals surface area contributed by atoms with E-state index < -0.39 is 6.04 Å². The van der Waals surface area contributed by atoms with Crippen molar-refractivity contribution in [1.82, 2.24) is 14.9 Å². The number of halogens is 1. The summed E-state index contributed by atoms with van der Waals surface area (Å²) in [5, 5.41) is 0.680. The minimum atomic E-state index is -0.534. The first-order chi connectivity index (χ1) is 12.0. The first-order valence-electron chi connectivity index (χ1n) is 8.35. The Balaban J connectivity index is 1.56. The number of amides is 1. The molecule has 1 aliphatic rings. The van der Waals surface area contributed by atoms with Crippen LogP contribution >= 0.6 is 11.6 Å². The number of anilines is 1. The molecule has 0 radical (unpaired) electrons. The Kier molecular flexibility index (Phi) is 5.50. The van der Waals surface area contributed by atoms with Crippen molar-refractivity contribution in [3.63, 3.8) is 0 Å². The smallest absolute Gasteiger partial charge is 0.239 e. The van der Waals surface area contributed by atoms with Crippen LogP contribution in [-0.4, -0.2) is 53.0 Å². The van der Waals surface area contributed by atoms with Gasteiger partial charge in [-0.05, 0) is 31.0 Å². The van der Waals surface area contributed by atoms with E-state index in [1.54, 1.807) is 6.33 Å². The summed E-state index contributed by atoms with van der Waals surface area (Å²) < 4.78 is 0. The molecular formula is C18H22ClN5O. The summed E-state index contributed by atoms with van der Waals surface area (Å²) in [5.41, 5.74) is 8.19. The molecule has 1 atom stereocenters. The number of carbonyl (C=O) groups excluding carboxylic acids is 1. The maximum Gasteiger partial charge on any atom is 0.239 e. The lowest BCUT2D eigenvalue weighted by molar-refractivity contribution is -0.132. The average Bonchev–Trinajstić information content (AvgIpc) is 2.63. The van der Waals surface area contributed by atoms with Crippen LogP contribution in [-0.2, 0) is 11.2 Å². The number of rotatable bonds is 4. The van der Waals surface area contributed by atoms with Crippen molar-refractivity contribution in [2.75, 3.05) is 31.1 Å². The largest absolute Gasteiger partial charge is 0.353 e. The molecule has 1 amide bonds. The number of aryl methyl sites for hydroxylation is 1. The lowest BCUT2D eigenvalue weighted by atomic mass is 10.1. The molecule has 132 valence electrons. The number of benzene rings is 1. The Morgan fingerprint density at radius 3 is 2.56 bits per heavy atom. The molecule has 1 aliphatic heterocycles. The Morgan fingerprint density at radius 2 is 1.92 bits per heavy atom. The lowest BCUT2D eigenvalue weighted by Gasteiger charge is -2.37. The molecule has 1 aromatic heterocycles. The molecule has 2 heterocycles. The second-order valence-electron chi connectivity index (χ2n) is 6.28. The Bertz CT molecular complexity index is 729. The number of nitrogens with zero attached hydrogens (tertiary/aromatic N) is 4. The fraction of sp³-hybridized carbons (Fsp3) is 0.389. The molecule has 6 nitrogen and oxygen atoms in total. The van der Waals surface area contributed by atoms with Gasteiger partial charge in [0, 0.05) is 43.0 Å². The number of nitrogens with two attached hydrogens (primary N) is 1. The van der Waals surface area contributed by atoms with Crippen LogP contribution in [0.1, 0.15) is 11.1 Å². The minimum absolute atomic E-state index is 0.00555. The van der Waals surface area contributed by atoms with E-state index in [9.17, 15) is 4.79 Å². The summed E-state index contributed by atoms with van der Waals surface area (Å²) in [6.07, 6.45) is 3.88. The van der Waals surface area contributed by atoms with Gasteiger partial charge in [-0.25, -0.2) is 9.97 Å². The first kappa shape index (κ1) is 17.6. The van der Waals surface area contributed by atoms with E-state index in [0.717, 1.165) is 30.0 Å². The molecule has 0 spiro atoms. The van der Waals surface area contributed by atoms with Crippen LogP contribution in [0.4, 0.5) is 5.82 Å². The number of hydrogen-bond acceptors (Lipinski definition) is 5. The van der Waals surface area contributed by atoms with E-state index in [0.29, 0.717) is 24.5 Å². The zero-order valence-electron chi connectivity index (χ0n) is 14.2. The van der Waals surface area contributed by atoms with Crippen LogP contribution < -0.4 is 10.6 Å². The standard InChI is InChI=1S/C18H22ClN5O/c1-13-11-21-12-22-17(13)23-6-8-24(9-7-23)18(25)16(20)10-14-2-4-15(19)5-3-14/h2-5,11-12,16H,6-10,20H2,1H3/t16-/m1/s1. The second kappa shape index (κ2) is 7.80. The maximum absolute atomic E-state index is 12.6. The van der Waals surface area contributed by atoms with E-state index in [1.807, 2.05) is 42.3 Å². The third-order valence-electron chi connectivity index (χ3n) is 4.44. The molecule has 25 heavy (non-hydrogen) atoms. The molecule has 1 fully saturated rings. The quantitative estimate of drug-likeness (QED) is 0.898. The van der Waals surface area contributed by atoms with Crippen molar-refractivity contribution in [3.05, 3.63) is 52.9 Å². The van der Waals surface area contributed by atoms with Gasteiger partial charge in [0.2, 0.25) is 5.91 Å². The van der Waals surface area contributed by atoms with Crippen LogP contribution in [0.2, 0.25) is 5.02 Å². The van der Waals surface area contributed by atoms with Crippen molar-refractivity contribution >= 4 is 23.3 Å². The number of piperazine rings is 1. The van der Waals surface area contributed by atoms with Gasteiger partial charge < -0.3 is 15.5 Å². The predicted octanol–water partition coefficient (Wildman–Crippen LogP) is 1.66. The number of aromatic nitrogens is 2. The zero-order valence-corrected chi connectivity index (χ0v) is 15.0. The van der Waals surface area contributed by atoms with Gasteiger partial charge in [-0.2, -0.15) is 0 Å². The molecule has 0 unspecified atom stereocenters. The average molecular weight is 360 g/mol. The molecule has 0 aliphatic carbocycles. The second-order valence-corrected chi connectivity index (χ2v) is 6.72. The molecule has 2 N–H and O–H groups in total. The summed E-state index contributed by atoms with van der Waals surface area (Å²) in [6, 6.07) is 6.92. The van der Waals surface area contributed by atoms with Crippen LogP contribution in [0, 0.1) is 6.92 Å². The van der Waals surface area contributed by atoms with E-state index in [1.165, 1.54) is 0 Å². The van der Waals surface area contributed by atoms with Gasteiger partial charge in [0.15, 0.2) is 0 Å². The van der Waals surface area contributed by atoms with Gasteiger partial charge in [-0.1, -0.05) is 23.7 Å². The summed E-state index contributed by atoms with van der Waals surface area (Å²) in [5.74, 6) is 0.932. The minimum Gasteiger partial charge on any atom is -0.353 e. The predicted molar refractivity (Wildman–Crippen MR) is 98.7 cm³/mol. The molecular weight excluding hydrogens is 338 g/mol. The van der Waals surface area contributed by atoms with E-state index >= 15 is 0 Å². The number of hydrogen-bond donors (Lipinski definition) is 1. The molecule has 7 heteroatoms. The van der Waals surface area contributed by atoms with Gasteiger partial charge in [-0.3, -0.25) is 4.79 Å². The molecule has 0 bridgehead atoms.